The molecule has 3 aliphatic rings. The van der Waals surface area contributed by atoms with E-state index in [2.05, 4.69) is 43.3 Å². The van der Waals surface area contributed by atoms with Crippen LogP contribution in [0, 0.1) is 10.8 Å². The molecule has 102 valence electrons. The Morgan fingerprint density at radius 1 is 1.28 bits per heavy atom. The quantitative estimate of drug-likeness (QED) is 0.462. The van der Waals surface area contributed by atoms with Gasteiger partial charge in [-0.1, -0.05) is 41.9 Å². The topological polar surface area (TPSA) is 9.23 Å². The lowest BCUT2D eigenvalue weighted by molar-refractivity contribution is 0.000826. The van der Waals surface area contributed by atoms with E-state index in [9.17, 15) is 0 Å². The standard InChI is InChI=1S/C15H22BrClO/c1-9-5-6-11-13(2,3)15(9)7-10(16)14(4,17)8-12(15)18-11/h10-12H,1,5-8H2,2-4H3/t10-,11-,12-,14-,15-/m0/s1. The molecule has 0 N–H and O–H groups in total. The van der Waals surface area contributed by atoms with Gasteiger partial charge in [0.05, 0.1) is 17.1 Å². The predicted molar refractivity (Wildman–Crippen MR) is 79.5 cm³/mol. The highest BCUT2D eigenvalue weighted by Gasteiger charge is 2.68. The summed E-state index contributed by atoms with van der Waals surface area (Å²) in [6.07, 6.45) is 4.84. The van der Waals surface area contributed by atoms with Crippen molar-refractivity contribution < 1.29 is 4.74 Å². The minimum atomic E-state index is -0.205. The molecule has 1 aliphatic heterocycles. The molecule has 0 unspecified atom stereocenters. The molecule has 0 aromatic rings. The lowest BCUT2D eigenvalue weighted by Crippen LogP contribution is -2.55. The molecule has 2 aliphatic carbocycles. The molecule has 1 nitrogen and oxygen atoms in total. The van der Waals surface area contributed by atoms with Crippen LogP contribution in [-0.2, 0) is 4.74 Å². The first-order valence-electron chi connectivity index (χ1n) is 6.88. The number of hydrogen-bond donors (Lipinski definition) is 0. The third-order valence-corrected chi connectivity index (χ3v) is 7.93. The molecule has 3 fully saturated rings. The van der Waals surface area contributed by atoms with Crippen LogP contribution in [-0.4, -0.2) is 21.9 Å². The smallest absolute Gasteiger partial charge is 0.0695 e. The molecule has 3 heteroatoms. The van der Waals surface area contributed by atoms with Crippen LogP contribution in [0.4, 0.5) is 0 Å². The molecule has 5 atom stereocenters. The van der Waals surface area contributed by atoms with Crippen molar-refractivity contribution in [1.82, 2.24) is 0 Å². The lowest BCUT2D eigenvalue weighted by atomic mass is 9.50. The van der Waals surface area contributed by atoms with Crippen molar-refractivity contribution in [2.75, 3.05) is 0 Å². The minimum Gasteiger partial charge on any atom is -0.373 e. The maximum absolute atomic E-state index is 6.66. The maximum atomic E-state index is 6.66. The summed E-state index contributed by atoms with van der Waals surface area (Å²) in [6, 6.07) is 0. The Kier molecular flexibility index (Phi) is 2.82. The van der Waals surface area contributed by atoms with Crippen molar-refractivity contribution in [3.05, 3.63) is 12.2 Å². The Bertz CT molecular complexity index is 403. The highest BCUT2D eigenvalue weighted by Crippen LogP contribution is 2.68. The zero-order valence-corrected chi connectivity index (χ0v) is 13.8. The number of ether oxygens (including phenoxy) is 1. The van der Waals surface area contributed by atoms with Crippen LogP contribution in [0.15, 0.2) is 12.2 Å². The summed E-state index contributed by atoms with van der Waals surface area (Å²) >= 11 is 10.5. The van der Waals surface area contributed by atoms with Crippen LogP contribution in [0.2, 0.25) is 0 Å². The van der Waals surface area contributed by atoms with Gasteiger partial charge < -0.3 is 4.74 Å². The second-order valence-electron chi connectivity index (χ2n) is 7.10. The van der Waals surface area contributed by atoms with E-state index in [0.29, 0.717) is 10.9 Å². The van der Waals surface area contributed by atoms with Gasteiger partial charge in [-0.3, -0.25) is 0 Å². The van der Waals surface area contributed by atoms with E-state index in [0.717, 1.165) is 25.7 Å². The average molecular weight is 334 g/mol. The van der Waals surface area contributed by atoms with E-state index in [1.54, 1.807) is 0 Å². The fourth-order valence-electron chi connectivity index (χ4n) is 4.57. The third kappa shape index (κ3) is 1.43. The first kappa shape index (κ1) is 13.5. The first-order valence-corrected chi connectivity index (χ1v) is 8.18. The van der Waals surface area contributed by atoms with Crippen molar-refractivity contribution in [2.45, 2.75) is 68.4 Å². The van der Waals surface area contributed by atoms with Crippen LogP contribution >= 0.6 is 27.5 Å². The Balaban J connectivity index is 2.08. The molecule has 1 saturated heterocycles. The van der Waals surface area contributed by atoms with Gasteiger partial charge in [-0.15, -0.1) is 11.6 Å². The zero-order valence-electron chi connectivity index (χ0n) is 11.4. The molecular formula is C15H22BrClO. The summed E-state index contributed by atoms with van der Waals surface area (Å²) in [4.78, 5) is 0.128. The van der Waals surface area contributed by atoms with Crippen molar-refractivity contribution in [3.63, 3.8) is 0 Å². The van der Waals surface area contributed by atoms with Crippen molar-refractivity contribution in [1.29, 1.82) is 0 Å². The number of alkyl halides is 2. The minimum absolute atomic E-state index is 0.123. The van der Waals surface area contributed by atoms with E-state index in [1.165, 1.54) is 5.57 Å². The third-order valence-electron chi connectivity index (χ3n) is 5.91. The van der Waals surface area contributed by atoms with Gasteiger partial charge in [0, 0.05) is 15.7 Å². The molecule has 1 spiro atoms. The molecule has 18 heavy (non-hydrogen) atoms. The van der Waals surface area contributed by atoms with Crippen LogP contribution in [0.5, 0.6) is 0 Å². The summed E-state index contributed by atoms with van der Waals surface area (Å²) < 4.78 is 6.38. The van der Waals surface area contributed by atoms with E-state index in [1.807, 2.05) is 0 Å². The van der Waals surface area contributed by atoms with Gasteiger partial charge in [0.25, 0.3) is 0 Å². The van der Waals surface area contributed by atoms with E-state index in [4.69, 9.17) is 16.3 Å². The molecule has 0 aromatic carbocycles. The number of halogens is 2. The monoisotopic (exact) mass is 332 g/mol. The highest BCUT2D eigenvalue weighted by atomic mass is 79.9. The van der Waals surface area contributed by atoms with Crippen molar-refractivity contribution in [3.8, 4) is 0 Å². The molecule has 2 saturated carbocycles. The molecule has 0 radical (unpaired) electrons. The van der Waals surface area contributed by atoms with Gasteiger partial charge in [-0.05, 0) is 32.6 Å². The fraction of sp³-hybridized carbons (Fsp3) is 0.867. The Labute approximate surface area is 123 Å². The summed E-state index contributed by atoms with van der Waals surface area (Å²) in [6.45, 7) is 11.2. The fourth-order valence-corrected chi connectivity index (χ4v) is 5.49. The predicted octanol–water partition coefficient (Wildman–Crippen LogP) is 4.67. The van der Waals surface area contributed by atoms with Gasteiger partial charge in [-0.25, -0.2) is 0 Å². The average Bonchev–Trinajstić information content (AvgIpc) is 2.38. The van der Waals surface area contributed by atoms with E-state index < -0.39 is 0 Å². The van der Waals surface area contributed by atoms with Gasteiger partial charge in [0.2, 0.25) is 0 Å². The molecule has 0 amide bonds. The number of rotatable bonds is 0. The Morgan fingerprint density at radius 3 is 2.61 bits per heavy atom. The van der Waals surface area contributed by atoms with E-state index >= 15 is 0 Å². The van der Waals surface area contributed by atoms with Crippen LogP contribution in [0.25, 0.3) is 0 Å². The summed E-state index contributed by atoms with van der Waals surface area (Å²) in [5, 5.41) is 0. The van der Waals surface area contributed by atoms with Gasteiger partial charge in [0.1, 0.15) is 0 Å². The normalized spacial score (nSPS) is 54.3. The largest absolute Gasteiger partial charge is 0.373 e. The highest BCUT2D eigenvalue weighted by molar-refractivity contribution is 9.09. The first-order chi connectivity index (χ1) is 8.22. The van der Waals surface area contributed by atoms with Crippen LogP contribution < -0.4 is 0 Å². The Morgan fingerprint density at radius 2 is 1.94 bits per heavy atom. The van der Waals surface area contributed by atoms with Crippen LogP contribution in [0.1, 0.15) is 46.5 Å². The number of fused-ring (bicyclic) bond motifs is 1. The summed E-state index contributed by atoms with van der Waals surface area (Å²) in [7, 11) is 0. The van der Waals surface area contributed by atoms with Gasteiger partial charge in [0.15, 0.2) is 0 Å². The second kappa shape index (κ2) is 3.77. The summed E-state index contributed by atoms with van der Waals surface area (Å²) in [5.74, 6) is 0. The van der Waals surface area contributed by atoms with Crippen molar-refractivity contribution in [2.24, 2.45) is 10.8 Å². The van der Waals surface area contributed by atoms with E-state index in [-0.39, 0.29) is 21.8 Å². The second-order valence-corrected chi connectivity index (χ2v) is 9.07. The molecular weight excluding hydrogens is 312 g/mol. The lowest BCUT2D eigenvalue weighted by Gasteiger charge is -2.55. The van der Waals surface area contributed by atoms with Crippen molar-refractivity contribution >= 4 is 27.5 Å². The zero-order chi connectivity index (χ0) is 13.3. The van der Waals surface area contributed by atoms with Gasteiger partial charge in [-0.2, -0.15) is 0 Å². The van der Waals surface area contributed by atoms with Crippen LogP contribution in [0.3, 0.4) is 0 Å². The van der Waals surface area contributed by atoms with Gasteiger partial charge >= 0.3 is 0 Å². The number of hydrogen-bond acceptors (Lipinski definition) is 1. The Hall–Kier alpha value is 0.470. The molecule has 0 aromatic heterocycles. The SMILES string of the molecule is C=C1CC[C@@H]2O[C@H]3C[C@](C)(Cl)[C@@H](Br)C[C@]13C2(C)C. The molecule has 1 heterocycles. The maximum Gasteiger partial charge on any atom is 0.0695 e. The summed E-state index contributed by atoms with van der Waals surface area (Å²) in [5.41, 5.74) is 1.70. The molecule has 2 bridgehead atoms. The molecule has 3 rings (SSSR count).